The van der Waals surface area contributed by atoms with E-state index >= 15 is 0 Å². The lowest BCUT2D eigenvalue weighted by Crippen LogP contribution is -2.45. The number of urea groups is 1. The molecule has 2 unspecified atom stereocenters. The molecule has 8 nitrogen and oxygen atoms in total. The smallest absolute Gasteiger partial charge is 0.325 e. The monoisotopic (exact) mass is 480 g/mol. The average Bonchev–Trinajstić information content (AvgIpc) is 3.63. The van der Waals surface area contributed by atoms with Crippen molar-refractivity contribution < 1.29 is 23.2 Å². The Morgan fingerprint density at radius 1 is 1.24 bits per heavy atom. The molecule has 0 aliphatic carbocycles. The molecule has 34 heavy (non-hydrogen) atoms. The number of hydrogen-bond donors (Lipinski definition) is 1. The van der Waals surface area contributed by atoms with E-state index in [1.54, 1.807) is 19.1 Å². The van der Waals surface area contributed by atoms with Crippen LogP contribution in [0.5, 0.6) is 0 Å². The van der Waals surface area contributed by atoms with Crippen molar-refractivity contribution in [2.45, 2.75) is 31.3 Å². The summed E-state index contributed by atoms with van der Waals surface area (Å²) in [4.78, 5) is 41.4. The molecule has 0 spiro atoms. The van der Waals surface area contributed by atoms with E-state index in [4.69, 9.17) is 4.42 Å². The first-order valence-electron chi connectivity index (χ1n) is 10.8. The molecule has 1 N–H and O–H groups in total. The minimum atomic E-state index is -1.36. The van der Waals surface area contributed by atoms with E-state index in [9.17, 15) is 18.8 Å². The van der Waals surface area contributed by atoms with Gasteiger partial charge >= 0.3 is 6.03 Å². The summed E-state index contributed by atoms with van der Waals surface area (Å²) in [5.41, 5.74) is -0.283. The van der Waals surface area contributed by atoms with Gasteiger partial charge in [-0.25, -0.2) is 14.2 Å². The highest BCUT2D eigenvalue weighted by Crippen LogP contribution is 2.36. The van der Waals surface area contributed by atoms with E-state index in [1.807, 2.05) is 17.5 Å². The number of amides is 4. The lowest BCUT2D eigenvalue weighted by atomic mass is 9.87. The van der Waals surface area contributed by atoms with Gasteiger partial charge in [0.2, 0.25) is 0 Å². The Balaban J connectivity index is 1.41. The number of nitrogens with one attached hydrogen (secondary N) is 1. The Labute approximate surface area is 198 Å². The van der Waals surface area contributed by atoms with Crippen LogP contribution in [0.1, 0.15) is 42.0 Å². The van der Waals surface area contributed by atoms with E-state index < -0.39 is 35.7 Å². The maximum atomic E-state index is 13.4. The van der Waals surface area contributed by atoms with Crippen molar-refractivity contribution in [3.63, 3.8) is 0 Å². The molecule has 10 heteroatoms. The molecule has 1 fully saturated rings. The van der Waals surface area contributed by atoms with Crippen molar-refractivity contribution in [1.82, 2.24) is 15.2 Å². The van der Waals surface area contributed by atoms with Crippen molar-refractivity contribution in [1.29, 1.82) is 0 Å². The third-order valence-electron chi connectivity index (χ3n) is 6.18. The van der Waals surface area contributed by atoms with Crippen molar-refractivity contribution in [2.75, 3.05) is 6.54 Å². The molecule has 174 valence electrons. The van der Waals surface area contributed by atoms with Gasteiger partial charge in [-0.2, -0.15) is 5.10 Å². The van der Waals surface area contributed by atoms with Crippen LogP contribution in [-0.4, -0.2) is 40.0 Å². The van der Waals surface area contributed by atoms with Crippen LogP contribution in [0.3, 0.4) is 0 Å². The summed E-state index contributed by atoms with van der Waals surface area (Å²) in [6, 6.07) is 11.7. The van der Waals surface area contributed by atoms with Crippen molar-refractivity contribution in [3.05, 3.63) is 82.2 Å². The number of imide groups is 1. The number of benzene rings is 1. The highest BCUT2D eigenvalue weighted by Gasteiger charge is 2.52. The van der Waals surface area contributed by atoms with Crippen LogP contribution in [-0.2, 0) is 15.1 Å². The lowest BCUT2D eigenvalue weighted by molar-refractivity contribution is -0.140. The maximum Gasteiger partial charge on any atom is 0.325 e. The first kappa shape index (κ1) is 22.0. The predicted molar refractivity (Wildman–Crippen MR) is 122 cm³/mol. The number of furan rings is 1. The largest absolute Gasteiger partial charge is 0.463 e. The number of carbonyl (C=O) groups is 3. The highest BCUT2D eigenvalue weighted by atomic mass is 32.1. The van der Waals surface area contributed by atoms with Gasteiger partial charge in [-0.3, -0.25) is 14.5 Å². The number of hydrogen-bond acceptors (Lipinski definition) is 6. The molecule has 3 aromatic rings. The van der Waals surface area contributed by atoms with Gasteiger partial charge in [0, 0.05) is 11.3 Å². The van der Waals surface area contributed by atoms with Gasteiger partial charge in [0.05, 0.1) is 12.3 Å². The average molecular weight is 481 g/mol. The van der Waals surface area contributed by atoms with E-state index in [-0.39, 0.29) is 12.5 Å². The molecule has 2 aromatic heterocycles. The third kappa shape index (κ3) is 3.60. The fraction of sp³-hybridized carbons (Fsp3) is 0.250. The minimum Gasteiger partial charge on any atom is -0.463 e. The zero-order chi connectivity index (χ0) is 23.9. The van der Waals surface area contributed by atoms with E-state index in [2.05, 4.69) is 10.4 Å². The molecule has 1 saturated heterocycles. The summed E-state index contributed by atoms with van der Waals surface area (Å²) < 4.78 is 18.9. The summed E-state index contributed by atoms with van der Waals surface area (Å²) in [5.74, 6) is -0.928. The van der Waals surface area contributed by atoms with Crippen molar-refractivity contribution >= 4 is 34.9 Å². The number of halogens is 1. The minimum absolute atomic E-state index is 0.246. The normalized spacial score (nSPS) is 22.3. The molecular weight excluding hydrogens is 459 g/mol. The van der Waals surface area contributed by atoms with Crippen LogP contribution in [0.25, 0.3) is 0 Å². The number of thiophene rings is 1. The molecule has 2 aliphatic rings. The second kappa shape index (κ2) is 8.53. The molecular formula is C24H21FN4O4S. The third-order valence-corrected chi connectivity index (χ3v) is 7.15. The van der Waals surface area contributed by atoms with Gasteiger partial charge in [0.15, 0.2) is 0 Å². The van der Waals surface area contributed by atoms with Gasteiger partial charge in [-0.1, -0.05) is 25.1 Å². The van der Waals surface area contributed by atoms with Crippen LogP contribution in [0.15, 0.2) is 69.7 Å². The lowest BCUT2D eigenvalue weighted by Gasteiger charge is -2.26. The molecule has 2 aliphatic heterocycles. The van der Waals surface area contributed by atoms with E-state index in [0.29, 0.717) is 23.5 Å². The van der Waals surface area contributed by atoms with Crippen molar-refractivity contribution in [3.8, 4) is 0 Å². The summed E-state index contributed by atoms with van der Waals surface area (Å²) in [5, 5.41) is 10.4. The molecule has 0 radical (unpaired) electrons. The van der Waals surface area contributed by atoms with Crippen LogP contribution in [0, 0.1) is 5.82 Å². The van der Waals surface area contributed by atoms with Crippen LogP contribution < -0.4 is 5.32 Å². The van der Waals surface area contributed by atoms with Gasteiger partial charge in [0.1, 0.15) is 29.4 Å². The first-order valence-corrected chi connectivity index (χ1v) is 11.7. The Hall–Kier alpha value is -3.79. The predicted octanol–water partition coefficient (Wildman–Crippen LogP) is 4.02. The van der Waals surface area contributed by atoms with E-state index in [0.717, 1.165) is 9.78 Å². The van der Waals surface area contributed by atoms with Gasteiger partial charge in [-0.15, -0.1) is 11.3 Å². The Morgan fingerprint density at radius 2 is 2.03 bits per heavy atom. The fourth-order valence-corrected chi connectivity index (χ4v) is 5.20. The Bertz CT molecular complexity index is 1260. The molecule has 4 amide bonds. The first-order chi connectivity index (χ1) is 16.4. The van der Waals surface area contributed by atoms with Crippen LogP contribution in [0.2, 0.25) is 0 Å². The second-order valence-electron chi connectivity index (χ2n) is 8.08. The highest BCUT2D eigenvalue weighted by molar-refractivity contribution is 7.10. The standard InChI is InChI=1S/C24H21FN4O4S/c1-2-24(15-7-9-16(25)10-8-15)22(31)28(23(32)26-24)14-21(30)29-18(20-6-4-12-34-20)13-17(27-29)19-5-3-11-33-19/h3-12,18H,2,13-14H2,1H3,(H,26,32). The topological polar surface area (TPSA) is 95.2 Å². The number of rotatable bonds is 6. The quantitative estimate of drug-likeness (QED) is 0.539. The van der Waals surface area contributed by atoms with Gasteiger partial charge in [-0.05, 0) is 47.7 Å². The molecule has 4 heterocycles. The molecule has 2 atom stereocenters. The van der Waals surface area contributed by atoms with Crippen molar-refractivity contribution in [2.24, 2.45) is 5.10 Å². The molecule has 5 rings (SSSR count). The van der Waals surface area contributed by atoms with E-state index in [1.165, 1.54) is 46.9 Å². The Morgan fingerprint density at radius 3 is 2.68 bits per heavy atom. The zero-order valence-corrected chi connectivity index (χ0v) is 19.0. The van der Waals surface area contributed by atoms with Crippen LogP contribution >= 0.6 is 11.3 Å². The zero-order valence-electron chi connectivity index (χ0n) is 18.2. The second-order valence-corrected chi connectivity index (χ2v) is 9.06. The SMILES string of the molecule is CCC1(c2ccc(F)cc2)NC(=O)N(CC(=O)N2N=C(c3ccco3)CC2c2cccs2)C1=O. The molecule has 0 saturated carbocycles. The Kier molecular flexibility index (Phi) is 5.52. The van der Waals surface area contributed by atoms with Gasteiger partial charge < -0.3 is 9.73 Å². The number of carbonyl (C=O) groups excluding carboxylic acids is 3. The molecule has 1 aromatic carbocycles. The van der Waals surface area contributed by atoms with Crippen LogP contribution in [0.4, 0.5) is 9.18 Å². The van der Waals surface area contributed by atoms with Gasteiger partial charge in [0.25, 0.3) is 11.8 Å². The fourth-order valence-electron chi connectivity index (χ4n) is 4.39. The summed E-state index contributed by atoms with van der Waals surface area (Å²) in [7, 11) is 0. The summed E-state index contributed by atoms with van der Waals surface area (Å²) in [6.07, 6.45) is 2.24. The molecule has 0 bridgehead atoms. The number of nitrogens with zero attached hydrogens (tertiary/aromatic N) is 3. The summed E-state index contributed by atoms with van der Waals surface area (Å²) >= 11 is 1.50. The summed E-state index contributed by atoms with van der Waals surface area (Å²) in [6.45, 7) is 1.28. The number of hydrazone groups is 1. The maximum absolute atomic E-state index is 13.4.